The molecule has 0 bridgehead atoms. The molecule has 0 aliphatic carbocycles. The minimum Gasteiger partial charge on any atom is -0.477 e. The summed E-state index contributed by atoms with van der Waals surface area (Å²) >= 11 is 0. The van der Waals surface area contributed by atoms with Gasteiger partial charge in [-0.15, -0.1) is 0 Å². The molecule has 2 heterocycles. The van der Waals surface area contributed by atoms with Gasteiger partial charge in [-0.05, 0) is 12.3 Å². The number of anilines is 1. The molecule has 1 aliphatic rings. The molecule has 0 radical (unpaired) electrons. The Labute approximate surface area is 88.1 Å². The van der Waals surface area contributed by atoms with E-state index in [2.05, 4.69) is 24.3 Å². The zero-order valence-electron chi connectivity index (χ0n) is 8.90. The van der Waals surface area contributed by atoms with E-state index in [1.807, 2.05) is 0 Å². The fourth-order valence-corrected chi connectivity index (χ4v) is 2.02. The fraction of sp³-hybridized carbons (Fsp3) is 0.600. The van der Waals surface area contributed by atoms with Gasteiger partial charge in [0.2, 0.25) is 0 Å². The largest absolute Gasteiger partial charge is 0.477 e. The SMILES string of the molecule is CC(C)C1CCNc2c(C(=O)O)cnn21. The van der Waals surface area contributed by atoms with Crippen LogP contribution in [0.1, 0.15) is 36.7 Å². The minimum atomic E-state index is -0.923. The predicted octanol–water partition coefficient (Wildman–Crippen LogP) is 1.59. The fourth-order valence-electron chi connectivity index (χ4n) is 2.02. The van der Waals surface area contributed by atoms with Crippen LogP contribution in [0, 0.1) is 5.92 Å². The lowest BCUT2D eigenvalue weighted by Crippen LogP contribution is -2.27. The normalized spacial score (nSPS) is 19.8. The van der Waals surface area contributed by atoms with E-state index in [9.17, 15) is 4.79 Å². The number of nitrogens with zero attached hydrogens (tertiary/aromatic N) is 2. The summed E-state index contributed by atoms with van der Waals surface area (Å²) in [6.45, 7) is 5.07. The highest BCUT2D eigenvalue weighted by Crippen LogP contribution is 2.30. The summed E-state index contributed by atoms with van der Waals surface area (Å²) in [6, 6.07) is 0.300. The first kappa shape index (κ1) is 10.0. The Morgan fingerprint density at radius 2 is 2.47 bits per heavy atom. The van der Waals surface area contributed by atoms with Gasteiger partial charge in [0.1, 0.15) is 11.4 Å². The zero-order chi connectivity index (χ0) is 11.0. The van der Waals surface area contributed by atoms with Crippen molar-refractivity contribution in [3.63, 3.8) is 0 Å². The number of rotatable bonds is 2. The van der Waals surface area contributed by atoms with Crippen molar-refractivity contribution in [3.8, 4) is 0 Å². The summed E-state index contributed by atoms with van der Waals surface area (Å²) in [5.74, 6) is 0.188. The highest BCUT2D eigenvalue weighted by Gasteiger charge is 2.27. The van der Waals surface area contributed by atoms with Crippen molar-refractivity contribution >= 4 is 11.8 Å². The van der Waals surface area contributed by atoms with E-state index in [1.54, 1.807) is 4.68 Å². The second-order valence-corrected chi connectivity index (χ2v) is 4.18. The van der Waals surface area contributed by atoms with E-state index < -0.39 is 5.97 Å². The maximum absolute atomic E-state index is 10.9. The van der Waals surface area contributed by atoms with Crippen LogP contribution in [0.5, 0.6) is 0 Å². The van der Waals surface area contributed by atoms with Crippen LogP contribution >= 0.6 is 0 Å². The Morgan fingerprint density at radius 3 is 3.07 bits per heavy atom. The topological polar surface area (TPSA) is 67.2 Å². The molecule has 5 heteroatoms. The average molecular weight is 209 g/mol. The van der Waals surface area contributed by atoms with Crippen LogP contribution in [-0.2, 0) is 0 Å². The lowest BCUT2D eigenvalue weighted by Gasteiger charge is -2.28. The number of carboxylic acid groups (broad SMARTS) is 1. The van der Waals surface area contributed by atoms with E-state index in [4.69, 9.17) is 5.11 Å². The Balaban J connectivity index is 2.42. The number of aromatic carboxylic acids is 1. The van der Waals surface area contributed by atoms with Crippen molar-refractivity contribution < 1.29 is 9.90 Å². The van der Waals surface area contributed by atoms with Crippen LogP contribution < -0.4 is 5.32 Å². The molecule has 1 unspecified atom stereocenters. The molecule has 0 saturated heterocycles. The third kappa shape index (κ3) is 1.58. The van der Waals surface area contributed by atoms with Gasteiger partial charge in [0.05, 0.1) is 12.2 Å². The molecule has 82 valence electrons. The van der Waals surface area contributed by atoms with Gasteiger partial charge in [-0.1, -0.05) is 13.8 Å². The first-order chi connectivity index (χ1) is 7.11. The van der Waals surface area contributed by atoms with Crippen molar-refractivity contribution in [1.29, 1.82) is 0 Å². The molecule has 1 aromatic rings. The summed E-state index contributed by atoms with van der Waals surface area (Å²) in [4.78, 5) is 10.9. The molecule has 0 fully saturated rings. The summed E-state index contributed by atoms with van der Waals surface area (Å²) in [5.41, 5.74) is 0.264. The molecule has 1 atom stereocenters. The summed E-state index contributed by atoms with van der Waals surface area (Å²) in [6.07, 6.45) is 2.41. The van der Waals surface area contributed by atoms with Gasteiger partial charge >= 0.3 is 5.97 Å². The number of carboxylic acids is 1. The Kier molecular flexibility index (Phi) is 2.38. The van der Waals surface area contributed by atoms with Gasteiger partial charge in [0.15, 0.2) is 0 Å². The minimum absolute atomic E-state index is 0.264. The first-order valence-corrected chi connectivity index (χ1v) is 5.16. The van der Waals surface area contributed by atoms with Gasteiger partial charge in [0, 0.05) is 6.54 Å². The van der Waals surface area contributed by atoms with Crippen molar-refractivity contribution in [1.82, 2.24) is 9.78 Å². The van der Waals surface area contributed by atoms with Gasteiger partial charge < -0.3 is 10.4 Å². The molecule has 5 nitrogen and oxygen atoms in total. The number of aromatic nitrogens is 2. The molecule has 0 saturated carbocycles. The van der Waals surface area contributed by atoms with Crippen LogP contribution in [0.15, 0.2) is 6.20 Å². The molecule has 0 aromatic carbocycles. The number of fused-ring (bicyclic) bond motifs is 1. The first-order valence-electron chi connectivity index (χ1n) is 5.16. The van der Waals surface area contributed by atoms with Gasteiger partial charge in [-0.2, -0.15) is 5.10 Å². The van der Waals surface area contributed by atoms with E-state index >= 15 is 0 Å². The summed E-state index contributed by atoms with van der Waals surface area (Å²) in [5, 5.41) is 16.2. The molecule has 15 heavy (non-hydrogen) atoms. The standard InChI is InChI=1S/C10H15N3O2/c1-6(2)8-3-4-11-9-7(10(14)15)5-12-13(8)9/h5-6,8,11H,3-4H2,1-2H3,(H,14,15). The van der Waals surface area contributed by atoms with Gasteiger partial charge in [-0.3, -0.25) is 0 Å². The number of carbonyl (C=O) groups is 1. The number of nitrogens with one attached hydrogen (secondary N) is 1. The van der Waals surface area contributed by atoms with E-state index in [0.29, 0.717) is 17.8 Å². The summed E-state index contributed by atoms with van der Waals surface area (Å²) < 4.78 is 1.80. The molecule has 2 rings (SSSR count). The number of hydrogen-bond donors (Lipinski definition) is 2. The smallest absolute Gasteiger partial charge is 0.341 e. The van der Waals surface area contributed by atoms with E-state index in [-0.39, 0.29) is 5.56 Å². The molecule has 2 N–H and O–H groups in total. The van der Waals surface area contributed by atoms with Crippen LogP contribution in [0.3, 0.4) is 0 Å². The van der Waals surface area contributed by atoms with Crippen molar-refractivity contribution in [2.24, 2.45) is 5.92 Å². The second-order valence-electron chi connectivity index (χ2n) is 4.18. The van der Waals surface area contributed by atoms with E-state index in [0.717, 1.165) is 13.0 Å². The van der Waals surface area contributed by atoms with Crippen LogP contribution in [0.25, 0.3) is 0 Å². The molecular weight excluding hydrogens is 194 g/mol. The number of hydrogen-bond acceptors (Lipinski definition) is 3. The maximum Gasteiger partial charge on any atom is 0.341 e. The van der Waals surface area contributed by atoms with E-state index in [1.165, 1.54) is 6.20 Å². The lowest BCUT2D eigenvalue weighted by molar-refractivity contribution is 0.0697. The highest BCUT2D eigenvalue weighted by molar-refractivity contribution is 5.93. The Hall–Kier alpha value is -1.52. The monoisotopic (exact) mass is 209 g/mol. The van der Waals surface area contributed by atoms with Crippen LogP contribution in [0.2, 0.25) is 0 Å². The third-order valence-corrected chi connectivity index (χ3v) is 2.84. The van der Waals surface area contributed by atoms with Gasteiger partial charge in [-0.25, -0.2) is 9.48 Å². The Bertz CT molecular complexity index is 384. The molecule has 1 aliphatic heterocycles. The average Bonchev–Trinajstić information content (AvgIpc) is 2.59. The predicted molar refractivity (Wildman–Crippen MR) is 56.2 cm³/mol. The van der Waals surface area contributed by atoms with Crippen molar-refractivity contribution in [2.75, 3.05) is 11.9 Å². The third-order valence-electron chi connectivity index (χ3n) is 2.84. The maximum atomic E-state index is 10.9. The molecule has 0 spiro atoms. The van der Waals surface area contributed by atoms with Crippen LogP contribution in [-0.4, -0.2) is 27.4 Å². The highest BCUT2D eigenvalue weighted by atomic mass is 16.4. The molecule has 1 aromatic heterocycles. The quantitative estimate of drug-likeness (QED) is 0.776. The summed E-state index contributed by atoms with van der Waals surface area (Å²) in [7, 11) is 0. The zero-order valence-corrected chi connectivity index (χ0v) is 8.90. The van der Waals surface area contributed by atoms with Crippen molar-refractivity contribution in [2.45, 2.75) is 26.3 Å². The lowest BCUT2D eigenvalue weighted by atomic mass is 10.00. The van der Waals surface area contributed by atoms with Crippen molar-refractivity contribution in [3.05, 3.63) is 11.8 Å². The molecule has 0 amide bonds. The Morgan fingerprint density at radius 1 is 1.73 bits per heavy atom. The molecular formula is C10H15N3O2. The van der Waals surface area contributed by atoms with Crippen LogP contribution in [0.4, 0.5) is 5.82 Å². The van der Waals surface area contributed by atoms with Gasteiger partial charge in [0.25, 0.3) is 0 Å². The second kappa shape index (κ2) is 3.56.